The molecule has 28 heavy (non-hydrogen) atoms. The summed E-state index contributed by atoms with van der Waals surface area (Å²) in [7, 11) is 2.06. The van der Waals surface area contributed by atoms with E-state index in [1.165, 1.54) is 29.2 Å². The highest BCUT2D eigenvalue weighted by atomic mass is 16.1. The number of carbonyl (C=O) groups excluding carboxylic acids is 1. The third kappa shape index (κ3) is 4.42. The van der Waals surface area contributed by atoms with Crippen LogP contribution >= 0.6 is 0 Å². The lowest BCUT2D eigenvalue weighted by atomic mass is 10.1. The van der Waals surface area contributed by atoms with Gasteiger partial charge in [-0.3, -0.25) is 4.79 Å². The first-order valence-electron chi connectivity index (χ1n) is 10.2. The number of hydrogen-bond donors (Lipinski definition) is 1. The Labute approximate surface area is 166 Å². The van der Waals surface area contributed by atoms with Crippen LogP contribution < -0.4 is 5.32 Å². The minimum Gasteiger partial charge on any atom is -0.311 e. The SMILES string of the molecule is CN(CCC(=O)Nc1ccnn1C1CCCC1)Cc1ccc2ccccc2c1. The van der Waals surface area contributed by atoms with Gasteiger partial charge in [-0.05, 0) is 42.3 Å². The number of nitrogens with one attached hydrogen (secondary N) is 1. The summed E-state index contributed by atoms with van der Waals surface area (Å²) >= 11 is 0. The summed E-state index contributed by atoms with van der Waals surface area (Å²) < 4.78 is 1.99. The van der Waals surface area contributed by atoms with E-state index in [0.717, 1.165) is 31.7 Å². The van der Waals surface area contributed by atoms with Crippen molar-refractivity contribution in [3.05, 3.63) is 60.3 Å². The molecule has 1 heterocycles. The first-order chi connectivity index (χ1) is 13.7. The van der Waals surface area contributed by atoms with Gasteiger partial charge in [0.25, 0.3) is 0 Å². The van der Waals surface area contributed by atoms with Crippen LogP contribution in [0.3, 0.4) is 0 Å². The predicted octanol–water partition coefficient (Wildman–Crippen LogP) is 4.61. The lowest BCUT2D eigenvalue weighted by molar-refractivity contribution is -0.116. The molecule has 0 unspecified atom stereocenters. The van der Waals surface area contributed by atoms with Crippen LogP contribution in [0.4, 0.5) is 5.82 Å². The van der Waals surface area contributed by atoms with Crippen LogP contribution in [0.15, 0.2) is 54.7 Å². The van der Waals surface area contributed by atoms with Gasteiger partial charge in [-0.1, -0.05) is 49.2 Å². The van der Waals surface area contributed by atoms with Crippen molar-refractivity contribution in [3.8, 4) is 0 Å². The molecule has 1 fully saturated rings. The van der Waals surface area contributed by atoms with Crippen molar-refractivity contribution in [2.45, 2.75) is 44.7 Å². The highest BCUT2D eigenvalue weighted by molar-refractivity contribution is 5.90. The van der Waals surface area contributed by atoms with Gasteiger partial charge in [0.1, 0.15) is 5.82 Å². The Kier molecular flexibility index (Phi) is 5.72. The topological polar surface area (TPSA) is 50.2 Å². The van der Waals surface area contributed by atoms with Crippen molar-refractivity contribution in [1.82, 2.24) is 14.7 Å². The van der Waals surface area contributed by atoms with Gasteiger partial charge in [-0.2, -0.15) is 5.10 Å². The Hall–Kier alpha value is -2.66. The van der Waals surface area contributed by atoms with Crippen LogP contribution in [0.5, 0.6) is 0 Å². The first-order valence-corrected chi connectivity index (χ1v) is 10.2. The van der Waals surface area contributed by atoms with E-state index in [9.17, 15) is 4.79 Å². The summed E-state index contributed by atoms with van der Waals surface area (Å²) in [6.45, 7) is 1.55. The summed E-state index contributed by atoms with van der Waals surface area (Å²) in [5.41, 5.74) is 1.26. The number of hydrogen-bond acceptors (Lipinski definition) is 3. The van der Waals surface area contributed by atoms with E-state index in [-0.39, 0.29) is 5.91 Å². The Morgan fingerprint density at radius 1 is 1.14 bits per heavy atom. The molecule has 0 bridgehead atoms. The molecule has 1 N–H and O–H groups in total. The molecule has 2 aromatic carbocycles. The molecule has 1 saturated carbocycles. The van der Waals surface area contributed by atoms with Gasteiger partial charge < -0.3 is 10.2 Å². The average Bonchev–Trinajstić information content (AvgIpc) is 3.38. The van der Waals surface area contributed by atoms with E-state index in [1.54, 1.807) is 6.20 Å². The van der Waals surface area contributed by atoms with Crippen LogP contribution in [0.1, 0.15) is 43.7 Å². The molecule has 5 nitrogen and oxygen atoms in total. The maximum Gasteiger partial charge on any atom is 0.226 e. The summed E-state index contributed by atoms with van der Waals surface area (Å²) in [5.74, 6) is 0.874. The Balaban J connectivity index is 1.29. The predicted molar refractivity (Wildman–Crippen MR) is 113 cm³/mol. The smallest absolute Gasteiger partial charge is 0.226 e. The zero-order chi connectivity index (χ0) is 19.3. The fraction of sp³-hybridized carbons (Fsp3) is 0.391. The number of aromatic nitrogens is 2. The number of amides is 1. The van der Waals surface area contributed by atoms with Crippen molar-refractivity contribution in [3.63, 3.8) is 0 Å². The molecular weight excluding hydrogens is 348 g/mol. The number of rotatable bonds is 7. The van der Waals surface area contributed by atoms with Crippen LogP contribution in [-0.4, -0.2) is 34.2 Å². The van der Waals surface area contributed by atoms with Crippen molar-refractivity contribution in [1.29, 1.82) is 0 Å². The number of nitrogens with zero attached hydrogens (tertiary/aromatic N) is 3. The van der Waals surface area contributed by atoms with Crippen LogP contribution in [0.2, 0.25) is 0 Å². The summed E-state index contributed by atoms with van der Waals surface area (Å²) in [6, 6.07) is 17.3. The fourth-order valence-electron chi connectivity index (χ4n) is 4.08. The summed E-state index contributed by atoms with van der Waals surface area (Å²) in [4.78, 5) is 14.6. The molecule has 0 saturated heterocycles. The third-order valence-electron chi connectivity index (χ3n) is 5.60. The molecule has 5 heteroatoms. The van der Waals surface area contributed by atoms with Crippen molar-refractivity contribution in [2.75, 3.05) is 18.9 Å². The lowest BCUT2D eigenvalue weighted by Gasteiger charge is -2.18. The zero-order valence-electron chi connectivity index (χ0n) is 16.5. The Morgan fingerprint density at radius 3 is 2.75 bits per heavy atom. The Bertz CT molecular complexity index is 942. The molecule has 0 spiro atoms. The second kappa shape index (κ2) is 8.57. The minimum atomic E-state index is 0.0464. The van der Waals surface area contributed by atoms with Gasteiger partial charge in [0.05, 0.1) is 12.2 Å². The standard InChI is InChI=1S/C23H28N4O/c1-26(17-18-10-11-19-6-2-3-7-20(19)16-18)15-13-23(28)25-22-12-14-24-27(22)21-8-4-5-9-21/h2-3,6-7,10-12,14,16,21H,4-5,8-9,13,15,17H2,1H3,(H,25,28). The number of fused-ring (bicyclic) bond motifs is 1. The van der Waals surface area contributed by atoms with Gasteiger partial charge in [-0.15, -0.1) is 0 Å². The second-order valence-electron chi connectivity index (χ2n) is 7.82. The molecule has 146 valence electrons. The Morgan fingerprint density at radius 2 is 1.93 bits per heavy atom. The first kappa shape index (κ1) is 18.7. The molecule has 1 aromatic heterocycles. The number of benzene rings is 2. The van der Waals surface area contributed by atoms with E-state index in [0.29, 0.717) is 12.5 Å². The normalized spacial score (nSPS) is 14.8. The van der Waals surface area contributed by atoms with Gasteiger partial charge >= 0.3 is 0 Å². The molecular formula is C23H28N4O. The van der Waals surface area contributed by atoms with E-state index in [4.69, 9.17) is 0 Å². The van der Waals surface area contributed by atoms with Crippen LogP contribution in [0.25, 0.3) is 10.8 Å². The van der Waals surface area contributed by atoms with E-state index >= 15 is 0 Å². The molecule has 1 amide bonds. The largest absolute Gasteiger partial charge is 0.311 e. The fourth-order valence-corrected chi connectivity index (χ4v) is 4.08. The summed E-state index contributed by atoms with van der Waals surface area (Å²) in [6.07, 6.45) is 7.05. The van der Waals surface area contributed by atoms with E-state index < -0.39 is 0 Å². The van der Waals surface area contributed by atoms with E-state index in [1.807, 2.05) is 10.7 Å². The molecule has 3 aromatic rings. The van der Waals surface area contributed by atoms with E-state index in [2.05, 4.69) is 64.8 Å². The van der Waals surface area contributed by atoms with Gasteiger partial charge in [0.15, 0.2) is 0 Å². The number of anilines is 1. The monoisotopic (exact) mass is 376 g/mol. The maximum absolute atomic E-state index is 12.4. The second-order valence-corrected chi connectivity index (χ2v) is 7.82. The lowest BCUT2D eigenvalue weighted by Crippen LogP contribution is -2.25. The number of carbonyl (C=O) groups is 1. The van der Waals surface area contributed by atoms with Gasteiger partial charge in [0, 0.05) is 25.6 Å². The highest BCUT2D eigenvalue weighted by Crippen LogP contribution is 2.31. The minimum absolute atomic E-state index is 0.0464. The average molecular weight is 377 g/mol. The maximum atomic E-state index is 12.4. The van der Waals surface area contributed by atoms with Gasteiger partial charge in [-0.25, -0.2) is 4.68 Å². The highest BCUT2D eigenvalue weighted by Gasteiger charge is 2.20. The van der Waals surface area contributed by atoms with Crippen molar-refractivity contribution < 1.29 is 4.79 Å². The molecule has 1 aliphatic carbocycles. The van der Waals surface area contributed by atoms with Crippen LogP contribution in [-0.2, 0) is 11.3 Å². The van der Waals surface area contributed by atoms with Crippen molar-refractivity contribution >= 4 is 22.5 Å². The van der Waals surface area contributed by atoms with Gasteiger partial charge in [0.2, 0.25) is 5.91 Å². The quantitative estimate of drug-likeness (QED) is 0.655. The third-order valence-corrected chi connectivity index (χ3v) is 5.60. The molecule has 0 radical (unpaired) electrons. The van der Waals surface area contributed by atoms with Crippen LogP contribution in [0, 0.1) is 0 Å². The van der Waals surface area contributed by atoms with Crippen molar-refractivity contribution in [2.24, 2.45) is 0 Å². The molecule has 4 rings (SSSR count). The molecule has 0 atom stereocenters. The zero-order valence-corrected chi connectivity index (χ0v) is 16.5. The molecule has 1 aliphatic rings. The summed E-state index contributed by atoms with van der Waals surface area (Å²) in [5, 5.41) is 9.98. The molecule has 0 aliphatic heterocycles.